The number of carbonyl (C=O) groups excluding carboxylic acids is 2. The Balaban J connectivity index is 1.27. The van der Waals surface area contributed by atoms with Crippen LogP contribution in [0, 0.1) is 17.8 Å². The molecule has 1 aromatic rings. The van der Waals surface area contributed by atoms with Crippen LogP contribution in [0.4, 0.5) is 0 Å². The topological polar surface area (TPSA) is 67.9 Å². The van der Waals surface area contributed by atoms with Crippen molar-refractivity contribution >= 4 is 11.8 Å². The second kappa shape index (κ2) is 7.30. The number of nitrogens with zero attached hydrogens (tertiary/aromatic N) is 1. The minimum absolute atomic E-state index is 0.0119. The van der Waals surface area contributed by atoms with Gasteiger partial charge in [0.15, 0.2) is 11.5 Å². The minimum atomic E-state index is -0.102. The molecule has 2 heterocycles. The molecule has 2 aliphatic carbocycles. The van der Waals surface area contributed by atoms with Gasteiger partial charge in [0.2, 0.25) is 11.8 Å². The summed E-state index contributed by atoms with van der Waals surface area (Å²) in [4.78, 5) is 27.4. The average Bonchev–Trinajstić information content (AvgIpc) is 3.64. The first-order valence-electron chi connectivity index (χ1n) is 10.7. The van der Waals surface area contributed by atoms with Crippen molar-refractivity contribution in [3.63, 3.8) is 0 Å². The van der Waals surface area contributed by atoms with Crippen molar-refractivity contribution in [3.8, 4) is 11.5 Å². The molecule has 2 atom stereocenters. The molecule has 6 nitrogen and oxygen atoms in total. The number of piperidine rings is 1. The first-order chi connectivity index (χ1) is 13.7. The van der Waals surface area contributed by atoms with E-state index < -0.39 is 0 Å². The fourth-order valence-electron chi connectivity index (χ4n) is 4.41. The van der Waals surface area contributed by atoms with Gasteiger partial charge in [0.1, 0.15) is 13.2 Å². The van der Waals surface area contributed by atoms with E-state index >= 15 is 0 Å². The number of rotatable bonds is 5. The van der Waals surface area contributed by atoms with Crippen molar-refractivity contribution < 1.29 is 19.1 Å². The van der Waals surface area contributed by atoms with Crippen LogP contribution in [0.25, 0.3) is 0 Å². The molecule has 1 saturated heterocycles. The van der Waals surface area contributed by atoms with Crippen LogP contribution in [0.5, 0.6) is 11.5 Å². The highest BCUT2D eigenvalue weighted by atomic mass is 16.6. The SMILES string of the molecule is O=C(NC(c1ccc2c(c1)OCCO2)C1CC1)C1CCCN(C(=O)C2CC2)C1. The molecular weight excluding hydrogens is 356 g/mol. The molecule has 1 aromatic carbocycles. The van der Waals surface area contributed by atoms with E-state index in [2.05, 4.69) is 5.32 Å². The monoisotopic (exact) mass is 384 g/mol. The molecule has 0 radical (unpaired) electrons. The molecule has 2 amide bonds. The Hall–Kier alpha value is -2.24. The fraction of sp³-hybridized carbons (Fsp3) is 0.636. The van der Waals surface area contributed by atoms with E-state index in [9.17, 15) is 9.59 Å². The zero-order valence-corrected chi connectivity index (χ0v) is 16.2. The van der Waals surface area contributed by atoms with E-state index in [1.807, 2.05) is 23.1 Å². The van der Waals surface area contributed by atoms with E-state index in [-0.39, 0.29) is 29.7 Å². The van der Waals surface area contributed by atoms with Crippen LogP contribution >= 0.6 is 0 Å². The molecule has 28 heavy (non-hydrogen) atoms. The van der Waals surface area contributed by atoms with E-state index in [1.54, 1.807) is 0 Å². The number of hydrogen-bond acceptors (Lipinski definition) is 4. The highest BCUT2D eigenvalue weighted by Gasteiger charge is 2.39. The van der Waals surface area contributed by atoms with Crippen LogP contribution in [-0.2, 0) is 9.59 Å². The molecule has 0 bridgehead atoms. The van der Waals surface area contributed by atoms with E-state index in [0.717, 1.165) is 62.1 Å². The first kappa shape index (κ1) is 17.8. The summed E-state index contributed by atoms with van der Waals surface area (Å²) in [6, 6.07) is 6.02. The summed E-state index contributed by atoms with van der Waals surface area (Å²) in [5, 5.41) is 3.30. The number of ether oxygens (including phenoxy) is 2. The van der Waals surface area contributed by atoms with Crippen molar-refractivity contribution in [1.29, 1.82) is 0 Å². The number of carbonyl (C=O) groups is 2. The predicted molar refractivity (Wildman–Crippen MR) is 103 cm³/mol. The van der Waals surface area contributed by atoms with Crippen LogP contribution in [-0.4, -0.2) is 43.0 Å². The zero-order valence-electron chi connectivity index (χ0n) is 16.2. The van der Waals surface area contributed by atoms with Crippen molar-refractivity contribution in [2.75, 3.05) is 26.3 Å². The number of benzene rings is 1. The van der Waals surface area contributed by atoms with E-state index in [1.165, 1.54) is 0 Å². The van der Waals surface area contributed by atoms with Crippen molar-refractivity contribution in [2.24, 2.45) is 17.8 Å². The van der Waals surface area contributed by atoms with Gasteiger partial charge in [-0.1, -0.05) is 6.07 Å². The summed E-state index contributed by atoms with van der Waals surface area (Å²) in [6.07, 6.45) is 6.07. The van der Waals surface area contributed by atoms with Crippen LogP contribution in [0.1, 0.15) is 50.1 Å². The van der Waals surface area contributed by atoms with Gasteiger partial charge in [-0.05, 0) is 62.1 Å². The number of likely N-dealkylation sites (tertiary alicyclic amines) is 1. The highest BCUT2D eigenvalue weighted by molar-refractivity contribution is 5.83. The van der Waals surface area contributed by atoms with Gasteiger partial charge in [-0.25, -0.2) is 0 Å². The maximum Gasteiger partial charge on any atom is 0.225 e. The van der Waals surface area contributed by atoms with Gasteiger partial charge in [0.25, 0.3) is 0 Å². The van der Waals surface area contributed by atoms with Gasteiger partial charge in [0.05, 0.1) is 12.0 Å². The Bertz CT molecular complexity index is 772. The van der Waals surface area contributed by atoms with Gasteiger partial charge in [-0.15, -0.1) is 0 Å². The Kier molecular flexibility index (Phi) is 4.65. The third-order valence-electron chi connectivity index (χ3n) is 6.35. The Morgan fingerprint density at radius 2 is 1.79 bits per heavy atom. The largest absolute Gasteiger partial charge is 0.486 e. The number of amides is 2. The molecule has 1 N–H and O–H groups in total. The standard InChI is InChI=1S/C22H28N2O4/c25-21(17-2-1-9-24(13-17)22(26)15-5-6-15)23-20(14-3-4-14)16-7-8-18-19(12-16)28-11-10-27-18/h7-8,12,14-15,17,20H,1-6,9-11,13H2,(H,23,25). The Morgan fingerprint density at radius 1 is 1.00 bits per heavy atom. The fourth-order valence-corrected chi connectivity index (χ4v) is 4.41. The number of nitrogens with one attached hydrogen (secondary N) is 1. The van der Waals surface area contributed by atoms with Crippen LogP contribution in [0.15, 0.2) is 18.2 Å². The summed E-state index contributed by atoms with van der Waals surface area (Å²) in [5.41, 5.74) is 1.09. The summed E-state index contributed by atoms with van der Waals surface area (Å²) in [5.74, 6) is 2.48. The molecule has 2 saturated carbocycles. The number of fused-ring (bicyclic) bond motifs is 1. The number of hydrogen-bond donors (Lipinski definition) is 1. The molecule has 2 aliphatic heterocycles. The quantitative estimate of drug-likeness (QED) is 0.848. The third-order valence-corrected chi connectivity index (χ3v) is 6.35. The molecule has 6 heteroatoms. The van der Waals surface area contributed by atoms with E-state index in [0.29, 0.717) is 25.7 Å². The summed E-state index contributed by atoms with van der Waals surface area (Å²) in [6.45, 7) is 2.50. The summed E-state index contributed by atoms with van der Waals surface area (Å²) in [7, 11) is 0. The highest BCUT2D eigenvalue weighted by Crippen LogP contribution is 2.43. The second-order valence-electron chi connectivity index (χ2n) is 8.62. The molecule has 4 aliphatic rings. The van der Waals surface area contributed by atoms with Gasteiger partial charge in [-0.3, -0.25) is 9.59 Å². The summed E-state index contributed by atoms with van der Waals surface area (Å²) >= 11 is 0. The lowest BCUT2D eigenvalue weighted by Gasteiger charge is -2.33. The molecule has 5 rings (SSSR count). The lowest BCUT2D eigenvalue weighted by atomic mass is 9.94. The van der Waals surface area contributed by atoms with Crippen molar-refractivity contribution in [3.05, 3.63) is 23.8 Å². The normalized spacial score (nSPS) is 25.1. The Labute approximate surface area is 165 Å². The van der Waals surface area contributed by atoms with Crippen LogP contribution < -0.4 is 14.8 Å². The van der Waals surface area contributed by atoms with E-state index in [4.69, 9.17) is 9.47 Å². The third kappa shape index (κ3) is 3.69. The summed E-state index contributed by atoms with van der Waals surface area (Å²) < 4.78 is 11.3. The molecule has 2 unspecified atom stereocenters. The van der Waals surface area contributed by atoms with Crippen LogP contribution in [0.2, 0.25) is 0 Å². The Morgan fingerprint density at radius 3 is 2.54 bits per heavy atom. The van der Waals surface area contributed by atoms with Gasteiger partial charge in [-0.2, -0.15) is 0 Å². The molecule has 150 valence electrons. The average molecular weight is 384 g/mol. The molecule has 3 fully saturated rings. The lowest BCUT2D eigenvalue weighted by Crippen LogP contribution is -2.46. The molecular formula is C22H28N2O4. The predicted octanol–water partition coefficient (Wildman–Crippen LogP) is 2.67. The van der Waals surface area contributed by atoms with Crippen LogP contribution in [0.3, 0.4) is 0 Å². The van der Waals surface area contributed by atoms with Gasteiger partial charge < -0.3 is 19.7 Å². The zero-order chi connectivity index (χ0) is 19.1. The molecule has 0 aromatic heterocycles. The smallest absolute Gasteiger partial charge is 0.225 e. The first-order valence-corrected chi connectivity index (χ1v) is 10.7. The van der Waals surface area contributed by atoms with Crippen molar-refractivity contribution in [2.45, 2.75) is 44.6 Å². The maximum absolute atomic E-state index is 13.1. The molecule has 0 spiro atoms. The lowest BCUT2D eigenvalue weighted by molar-refractivity contribution is -0.137. The van der Waals surface area contributed by atoms with Gasteiger partial charge >= 0.3 is 0 Å². The minimum Gasteiger partial charge on any atom is -0.486 e. The van der Waals surface area contributed by atoms with Crippen molar-refractivity contribution in [1.82, 2.24) is 10.2 Å². The van der Waals surface area contributed by atoms with Gasteiger partial charge in [0, 0.05) is 19.0 Å². The second-order valence-corrected chi connectivity index (χ2v) is 8.62. The maximum atomic E-state index is 13.1.